The van der Waals surface area contributed by atoms with Crippen molar-refractivity contribution in [1.29, 1.82) is 0 Å². The van der Waals surface area contributed by atoms with Crippen LogP contribution in [-0.4, -0.2) is 36.7 Å². The molecule has 1 fully saturated rings. The smallest absolute Gasteiger partial charge is 0.162 e. The number of ether oxygens (including phenoxy) is 2. The van der Waals surface area contributed by atoms with E-state index in [4.69, 9.17) is 9.47 Å². The van der Waals surface area contributed by atoms with Crippen LogP contribution in [0.3, 0.4) is 0 Å². The molecular formula is C14H19NO3S. The molecule has 2 N–H and O–H groups in total. The molecule has 1 saturated carbocycles. The third kappa shape index (κ3) is 2.83. The molecule has 1 aliphatic carbocycles. The first-order valence-electron chi connectivity index (χ1n) is 6.64. The Morgan fingerprint density at radius 2 is 1.95 bits per heavy atom. The van der Waals surface area contributed by atoms with Gasteiger partial charge in [0, 0.05) is 17.5 Å². The average molecular weight is 281 g/mol. The van der Waals surface area contributed by atoms with Crippen molar-refractivity contribution in [3.05, 3.63) is 17.7 Å². The molecule has 1 aliphatic heterocycles. The van der Waals surface area contributed by atoms with Crippen LogP contribution in [-0.2, 0) is 6.54 Å². The van der Waals surface area contributed by atoms with Crippen LogP contribution in [0.15, 0.2) is 17.0 Å². The molecular weight excluding hydrogens is 262 g/mol. The normalized spacial score (nSPS) is 24.9. The monoisotopic (exact) mass is 281 g/mol. The van der Waals surface area contributed by atoms with Crippen molar-refractivity contribution in [2.24, 2.45) is 0 Å². The highest BCUT2D eigenvalue weighted by molar-refractivity contribution is 7.98. The zero-order chi connectivity index (χ0) is 13.2. The predicted octanol–water partition coefficient (Wildman–Crippen LogP) is 1.79. The van der Waals surface area contributed by atoms with E-state index in [1.165, 1.54) is 10.5 Å². The van der Waals surface area contributed by atoms with E-state index in [0.29, 0.717) is 19.3 Å². The first-order chi connectivity index (χ1) is 9.26. The summed E-state index contributed by atoms with van der Waals surface area (Å²) < 4.78 is 11.2. The Morgan fingerprint density at radius 3 is 2.58 bits per heavy atom. The van der Waals surface area contributed by atoms with Gasteiger partial charge < -0.3 is 19.9 Å². The van der Waals surface area contributed by atoms with Gasteiger partial charge in [-0.2, -0.15) is 0 Å². The zero-order valence-corrected chi connectivity index (χ0v) is 11.8. The van der Waals surface area contributed by atoms with Gasteiger partial charge in [0.15, 0.2) is 11.5 Å². The fourth-order valence-corrected chi connectivity index (χ4v) is 3.07. The van der Waals surface area contributed by atoms with Crippen LogP contribution in [0.5, 0.6) is 11.5 Å². The van der Waals surface area contributed by atoms with Crippen molar-refractivity contribution in [1.82, 2.24) is 5.32 Å². The molecule has 0 radical (unpaired) electrons. The fourth-order valence-electron chi connectivity index (χ4n) is 2.45. The summed E-state index contributed by atoms with van der Waals surface area (Å²) in [5.74, 6) is 1.69. The van der Waals surface area contributed by atoms with E-state index in [0.717, 1.165) is 30.9 Å². The van der Waals surface area contributed by atoms with E-state index in [-0.39, 0.29) is 6.10 Å². The Bertz CT molecular complexity index is 460. The van der Waals surface area contributed by atoms with Crippen LogP contribution >= 0.6 is 11.8 Å². The molecule has 19 heavy (non-hydrogen) atoms. The summed E-state index contributed by atoms with van der Waals surface area (Å²) in [7, 11) is 0. The molecule has 0 saturated heterocycles. The minimum Gasteiger partial charge on any atom is -0.486 e. The molecule has 0 aromatic heterocycles. The maximum absolute atomic E-state index is 9.29. The number of benzene rings is 1. The third-order valence-electron chi connectivity index (χ3n) is 3.64. The fraction of sp³-hybridized carbons (Fsp3) is 0.571. The second-order valence-corrected chi connectivity index (χ2v) is 5.86. The quantitative estimate of drug-likeness (QED) is 0.824. The molecule has 5 heteroatoms. The molecule has 4 nitrogen and oxygen atoms in total. The minimum atomic E-state index is -0.113. The molecule has 0 spiro atoms. The Balaban J connectivity index is 1.71. The number of hydrogen-bond donors (Lipinski definition) is 2. The zero-order valence-electron chi connectivity index (χ0n) is 11.0. The lowest BCUT2D eigenvalue weighted by atomic mass is 9.89. The van der Waals surface area contributed by atoms with Crippen molar-refractivity contribution < 1.29 is 14.6 Å². The van der Waals surface area contributed by atoms with Gasteiger partial charge in [-0.1, -0.05) is 0 Å². The van der Waals surface area contributed by atoms with E-state index >= 15 is 0 Å². The molecule has 1 aromatic rings. The summed E-state index contributed by atoms with van der Waals surface area (Å²) >= 11 is 1.72. The lowest BCUT2D eigenvalue weighted by molar-refractivity contribution is 0.0618. The number of hydrogen-bond acceptors (Lipinski definition) is 5. The summed E-state index contributed by atoms with van der Waals surface area (Å²) in [6, 6.07) is 4.58. The molecule has 1 aromatic carbocycles. The van der Waals surface area contributed by atoms with Gasteiger partial charge in [-0.3, -0.25) is 0 Å². The number of thioether (sulfide) groups is 1. The van der Waals surface area contributed by atoms with Crippen molar-refractivity contribution in [3.8, 4) is 11.5 Å². The van der Waals surface area contributed by atoms with Crippen LogP contribution in [0.4, 0.5) is 0 Å². The van der Waals surface area contributed by atoms with Crippen molar-refractivity contribution in [3.63, 3.8) is 0 Å². The van der Waals surface area contributed by atoms with Crippen molar-refractivity contribution in [2.75, 3.05) is 19.5 Å². The number of fused-ring (bicyclic) bond motifs is 1. The Morgan fingerprint density at radius 1 is 1.26 bits per heavy atom. The highest BCUT2D eigenvalue weighted by atomic mass is 32.2. The summed E-state index contributed by atoms with van der Waals surface area (Å²) in [4.78, 5) is 1.22. The van der Waals surface area contributed by atoms with Gasteiger partial charge in [0.05, 0.1) is 6.10 Å². The second kappa shape index (κ2) is 5.61. The van der Waals surface area contributed by atoms with E-state index in [1.54, 1.807) is 11.8 Å². The molecule has 0 amide bonds. The number of aliphatic hydroxyl groups is 1. The third-order valence-corrected chi connectivity index (χ3v) is 4.46. The molecule has 2 aliphatic rings. The Labute approximate surface area is 117 Å². The largest absolute Gasteiger partial charge is 0.486 e. The summed E-state index contributed by atoms with van der Waals surface area (Å²) in [5.41, 5.74) is 1.23. The lowest BCUT2D eigenvalue weighted by Gasteiger charge is -2.32. The number of rotatable bonds is 4. The summed E-state index contributed by atoms with van der Waals surface area (Å²) in [6.07, 6.45) is 3.68. The second-order valence-electron chi connectivity index (χ2n) is 5.01. The van der Waals surface area contributed by atoms with Crippen LogP contribution in [0.2, 0.25) is 0 Å². The summed E-state index contributed by atoms with van der Waals surface area (Å²) in [6.45, 7) is 2.05. The topological polar surface area (TPSA) is 50.7 Å². The summed E-state index contributed by atoms with van der Waals surface area (Å²) in [5, 5.41) is 12.8. The number of aliphatic hydroxyl groups excluding tert-OH is 1. The lowest BCUT2D eigenvalue weighted by Crippen LogP contribution is -2.43. The van der Waals surface area contributed by atoms with Crippen molar-refractivity contribution in [2.45, 2.75) is 36.4 Å². The molecule has 0 unspecified atom stereocenters. The van der Waals surface area contributed by atoms with Gasteiger partial charge in [0.2, 0.25) is 0 Å². The number of nitrogens with one attached hydrogen (secondary N) is 1. The SMILES string of the molecule is CSc1cc2c(cc1CNC1CC(O)C1)OCCO2. The molecule has 0 atom stereocenters. The molecule has 1 heterocycles. The maximum atomic E-state index is 9.29. The van der Waals surface area contributed by atoms with Gasteiger partial charge in [-0.15, -0.1) is 11.8 Å². The van der Waals surface area contributed by atoms with Gasteiger partial charge in [-0.05, 0) is 36.8 Å². The van der Waals surface area contributed by atoms with Crippen LogP contribution in [0.1, 0.15) is 18.4 Å². The van der Waals surface area contributed by atoms with E-state index in [9.17, 15) is 5.11 Å². The highest BCUT2D eigenvalue weighted by Gasteiger charge is 2.26. The Hall–Kier alpha value is -0.910. The minimum absolute atomic E-state index is 0.113. The van der Waals surface area contributed by atoms with Gasteiger partial charge >= 0.3 is 0 Å². The highest BCUT2D eigenvalue weighted by Crippen LogP contribution is 2.36. The van der Waals surface area contributed by atoms with Crippen molar-refractivity contribution >= 4 is 11.8 Å². The van der Waals surface area contributed by atoms with Crippen LogP contribution in [0, 0.1) is 0 Å². The van der Waals surface area contributed by atoms with Gasteiger partial charge in [-0.25, -0.2) is 0 Å². The van der Waals surface area contributed by atoms with E-state index in [2.05, 4.69) is 23.7 Å². The average Bonchev–Trinajstić information content (AvgIpc) is 2.41. The molecule has 0 bridgehead atoms. The maximum Gasteiger partial charge on any atom is 0.162 e. The first-order valence-corrected chi connectivity index (χ1v) is 7.86. The van der Waals surface area contributed by atoms with Crippen LogP contribution < -0.4 is 14.8 Å². The van der Waals surface area contributed by atoms with Gasteiger partial charge in [0.1, 0.15) is 13.2 Å². The Kier molecular flexibility index (Phi) is 3.86. The van der Waals surface area contributed by atoms with E-state index in [1.807, 2.05) is 0 Å². The van der Waals surface area contributed by atoms with E-state index < -0.39 is 0 Å². The van der Waals surface area contributed by atoms with Gasteiger partial charge in [0.25, 0.3) is 0 Å². The first kappa shape index (κ1) is 13.1. The van der Waals surface area contributed by atoms with Crippen LogP contribution in [0.25, 0.3) is 0 Å². The predicted molar refractivity (Wildman–Crippen MR) is 75.1 cm³/mol. The standard InChI is InChI=1S/C14H19NO3S/c1-19-14-7-13-12(17-2-3-18-13)4-9(14)8-15-10-5-11(16)6-10/h4,7,10-11,15-16H,2-3,5-6,8H2,1H3. The molecule has 104 valence electrons. The molecule has 3 rings (SSSR count).